The van der Waals surface area contributed by atoms with Crippen LogP contribution in [0.25, 0.3) is 10.9 Å². The van der Waals surface area contributed by atoms with Crippen molar-refractivity contribution in [3.05, 3.63) is 36.0 Å². The maximum absolute atomic E-state index is 11.7. The molecular weight excluding hydrogens is 438 g/mol. The third-order valence-corrected chi connectivity index (χ3v) is 7.85. The molecule has 0 radical (unpaired) electrons. The molecule has 1 aromatic heterocycles. The number of hydrogen-bond acceptors (Lipinski definition) is 4. The number of amides is 1. The van der Waals surface area contributed by atoms with Crippen molar-refractivity contribution in [2.45, 2.75) is 84.8 Å². The Kier molecular flexibility index (Phi) is 8.20. The number of carbonyl (C=O) groups is 1. The monoisotopic (exact) mass is 481 g/mol. The molecule has 0 spiro atoms. The van der Waals surface area contributed by atoms with Crippen molar-refractivity contribution in [1.29, 1.82) is 0 Å². The Bertz CT molecular complexity index is 994. The number of likely N-dealkylation sites (tertiary alicyclic amines) is 2. The average molecular weight is 482 g/mol. The summed E-state index contributed by atoms with van der Waals surface area (Å²) in [6.45, 7) is 12.5. The highest BCUT2D eigenvalue weighted by Gasteiger charge is 2.39. The first-order chi connectivity index (χ1) is 16.7. The highest BCUT2D eigenvalue weighted by Crippen LogP contribution is 2.35. The Balaban J connectivity index is 1.34. The molecule has 2 aliphatic heterocycles. The number of piperidine rings is 2. The molecule has 2 atom stereocenters. The summed E-state index contributed by atoms with van der Waals surface area (Å²) < 4.78 is 6.57. The van der Waals surface area contributed by atoms with Gasteiger partial charge in [-0.3, -0.25) is 4.98 Å². The lowest BCUT2D eigenvalue weighted by Gasteiger charge is -2.46. The van der Waals surface area contributed by atoms with Gasteiger partial charge in [-0.2, -0.15) is 0 Å². The fourth-order valence-corrected chi connectivity index (χ4v) is 5.84. The Labute approximate surface area is 210 Å². The minimum absolute atomic E-state index is 0.0413. The van der Waals surface area contributed by atoms with E-state index in [0.29, 0.717) is 12.5 Å². The van der Waals surface area contributed by atoms with Gasteiger partial charge in [0, 0.05) is 43.8 Å². The van der Waals surface area contributed by atoms with Gasteiger partial charge in [0.15, 0.2) is 0 Å². The van der Waals surface area contributed by atoms with Crippen LogP contribution < -0.4 is 4.74 Å². The van der Waals surface area contributed by atoms with Crippen LogP contribution in [0.4, 0.5) is 4.79 Å². The largest absolute Gasteiger partial charge is 0.488 e. The third kappa shape index (κ3) is 6.46. The zero-order valence-electron chi connectivity index (χ0n) is 22.0. The van der Waals surface area contributed by atoms with E-state index in [0.717, 1.165) is 68.4 Å². The van der Waals surface area contributed by atoms with E-state index in [1.54, 1.807) is 4.90 Å². The van der Waals surface area contributed by atoms with Gasteiger partial charge in [-0.25, -0.2) is 4.79 Å². The second-order valence-corrected chi connectivity index (χ2v) is 11.6. The minimum atomic E-state index is -0.776. The molecule has 6 heteroatoms. The van der Waals surface area contributed by atoms with Gasteiger partial charge in [0.05, 0.1) is 0 Å². The summed E-state index contributed by atoms with van der Waals surface area (Å²) in [5, 5.41) is 10.8. The summed E-state index contributed by atoms with van der Waals surface area (Å²) in [5.41, 5.74) is 2.26. The maximum Gasteiger partial charge on any atom is 0.407 e. The van der Waals surface area contributed by atoms with Gasteiger partial charge in [-0.15, -0.1) is 0 Å². The van der Waals surface area contributed by atoms with E-state index in [4.69, 9.17) is 4.74 Å². The van der Waals surface area contributed by atoms with Gasteiger partial charge in [-0.05, 0) is 73.6 Å². The summed E-state index contributed by atoms with van der Waals surface area (Å²) in [6.07, 6.45) is 8.68. The number of hydrogen-bond donors (Lipinski definition) is 1. The van der Waals surface area contributed by atoms with Crippen LogP contribution in [-0.4, -0.2) is 64.3 Å². The lowest BCUT2D eigenvalue weighted by Crippen LogP contribution is -2.53. The lowest BCUT2D eigenvalue weighted by molar-refractivity contribution is 0.0251. The van der Waals surface area contributed by atoms with Gasteiger partial charge in [0.25, 0.3) is 0 Å². The first kappa shape index (κ1) is 25.7. The number of unbranched alkanes of at least 4 members (excludes halogenated alkanes) is 1. The number of pyridine rings is 1. The van der Waals surface area contributed by atoms with Crippen LogP contribution in [0.2, 0.25) is 0 Å². The molecule has 2 aliphatic rings. The van der Waals surface area contributed by atoms with Crippen molar-refractivity contribution >= 4 is 17.0 Å². The molecule has 0 aliphatic carbocycles. The van der Waals surface area contributed by atoms with E-state index in [1.165, 1.54) is 18.4 Å². The van der Waals surface area contributed by atoms with E-state index in [2.05, 4.69) is 55.8 Å². The Morgan fingerprint density at radius 2 is 1.94 bits per heavy atom. The van der Waals surface area contributed by atoms with Crippen LogP contribution >= 0.6 is 0 Å². The van der Waals surface area contributed by atoms with Crippen molar-refractivity contribution in [3.8, 4) is 5.75 Å². The van der Waals surface area contributed by atoms with E-state index < -0.39 is 6.09 Å². The fraction of sp³-hybridized carbons (Fsp3) is 0.655. The maximum atomic E-state index is 11.7. The van der Waals surface area contributed by atoms with E-state index >= 15 is 0 Å². The van der Waals surface area contributed by atoms with Gasteiger partial charge in [-0.1, -0.05) is 40.2 Å². The predicted octanol–water partition coefficient (Wildman–Crippen LogP) is 6.23. The lowest BCUT2D eigenvalue weighted by atomic mass is 9.77. The number of aryl methyl sites for hydroxylation is 1. The zero-order valence-corrected chi connectivity index (χ0v) is 22.0. The Morgan fingerprint density at radius 3 is 2.63 bits per heavy atom. The summed E-state index contributed by atoms with van der Waals surface area (Å²) in [6, 6.07) is 8.68. The van der Waals surface area contributed by atoms with Crippen LogP contribution in [0.5, 0.6) is 5.75 Å². The molecule has 35 heavy (non-hydrogen) atoms. The van der Waals surface area contributed by atoms with Crippen molar-refractivity contribution in [1.82, 2.24) is 14.8 Å². The number of rotatable bonds is 7. The van der Waals surface area contributed by atoms with Crippen LogP contribution in [0.15, 0.2) is 30.5 Å². The molecule has 0 saturated carbocycles. The van der Waals surface area contributed by atoms with E-state index in [-0.39, 0.29) is 17.6 Å². The molecule has 4 rings (SSSR count). The average Bonchev–Trinajstić information content (AvgIpc) is 2.83. The van der Waals surface area contributed by atoms with Crippen molar-refractivity contribution in [3.63, 3.8) is 0 Å². The van der Waals surface area contributed by atoms with Gasteiger partial charge in [0.1, 0.15) is 17.4 Å². The smallest absolute Gasteiger partial charge is 0.407 e. The Morgan fingerprint density at radius 1 is 1.17 bits per heavy atom. The molecular formula is C29H43N3O3. The summed E-state index contributed by atoms with van der Waals surface area (Å²) in [7, 11) is 0. The first-order valence-corrected chi connectivity index (χ1v) is 13.5. The Hall–Kier alpha value is -2.34. The number of ether oxygens (including phenoxy) is 1. The van der Waals surface area contributed by atoms with Crippen LogP contribution in [0.3, 0.4) is 0 Å². The van der Waals surface area contributed by atoms with Crippen LogP contribution in [-0.2, 0) is 6.42 Å². The highest BCUT2D eigenvalue weighted by molar-refractivity contribution is 5.85. The molecule has 1 amide bonds. The predicted molar refractivity (Wildman–Crippen MR) is 141 cm³/mol. The molecule has 6 nitrogen and oxygen atoms in total. The zero-order chi connectivity index (χ0) is 25.0. The number of nitrogens with zero attached hydrogens (tertiary/aromatic N) is 3. The number of carboxylic acid groups (broad SMARTS) is 1. The van der Waals surface area contributed by atoms with E-state index in [9.17, 15) is 9.90 Å². The fourth-order valence-electron chi connectivity index (χ4n) is 5.84. The third-order valence-electron chi connectivity index (χ3n) is 7.85. The molecule has 192 valence electrons. The normalized spacial score (nSPS) is 22.5. The molecule has 2 saturated heterocycles. The first-order valence-electron chi connectivity index (χ1n) is 13.5. The van der Waals surface area contributed by atoms with Gasteiger partial charge in [0.2, 0.25) is 0 Å². The summed E-state index contributed by atoms with van der Waals surface area (Å²) >= 11 is 0. The van der Waals surface area contributed by atoms with Crippen molar-refractivity contribution < 1.29 is 14.6 Å². The standard InChI is InChI=1S/C29H43N3O3/c1-5-6-8-21-17-23-9-7-13-30-27(23)25(18-21)35-24-11-14-31(15-12-24)20-22-10-16-32(28(33)34)26(19-22)29(2,3)4/h7,9,13,17-18,22,24,26H,5-6,8,10-12,14-16,19-20H2,1-4H3,(H,33,34). The molecule has 1 aromatic carbocycles. The number of benzene rings is 1. The molecule has 2 aromatic rings. The molecule has 3 heterocycles. The topological polar surface area (TPSA) is 65.9 Å². The quantitative estimate of drug-likeness (QED) is 0.508. The molecule has 1 N–H and O–H groups in total. The van der Waals surface area contributed by atoms with Crippen molar-refractivity contribution in [2.75, 3.05) is 26.2 Å². The SMILES string of the molecule is CCCCc1cc(OC2CCN(CC3CCN(C(=O)O)C(C(C)(C)C)C3)CC2)c2ncccc2c1. The van der Waals surface area contributed by atoms with E-state index in [1.807, 2.05) is 12.3 Å². The number of aromatic nitrogens is 1. The molecule has 2 unspecified atom stereocenters. The van der Waals surface area contributed by atoms with Crippen molar-refractivity contribution in [2.24, 2.45) is 11.3 Å². The van der Waals surface area contributed by atoms with Crippen LogP contribution in [0.1, 0.15) is 71.8 Å². The van der Waals surface area contributed by atoms with Gasteiger partial charge < -0.3 is 19.6 Å². The second kappa shape index (κ2) is 11.2. The van der Waals surface area contributed by atoms with Gasteiger partial charge >= 0.3 is 6.09 Å². The highest BCUT2D eigenvalue weighted by atomic mass is 16.5. The summed E-state index contributed by atoms with van der Waals surface area (Å²) in [5.74, 6) is 1.48. The number of fused-ring (bicyclic) bond motifs is 1. The summed E-state index contributed by atoms with van der Waals surface area (Å²) in [4.78, 5) is 20.6. The molecule has 0 bridgehead atoms. The minimum Gasteiger partial charge on any atom is -0.488 e. The van der Waals surface area contributed by atoms with Crippen LogP contribution in [0, 0.1) is 11.3 Å². The molecule has 2 fully saturated rings. The second-order valence-electron chi connectivity index (χ2n) is 11.6.